The number of aryl methyl sites for hydroxylation is 1. The summed E-state index contributed by atoms with van der Waals surface area (Å²) in [6, 6.07) is 15.4. The van der Waals surface area contributed by atoms with E-state index < -0.39 is 5.97 Å². The van der Waals surface area contributed by atoms with Crippen LogP contribution in [0.2, 0.25) is 0 Å². The van der Waals surface area contributed by atoms with Gasteiger partial charge >= 0.3 is 0 Å². The van der Waals surface area contributed by atoms with Crippen molar-refractivity contribution in [2.75, 3.05) is 5.32 Å². The standard InChI is InChI=1S/C20H18N2O3/c1-11-7-8-16-15(9-11)17(18(21-16)20(24)25)22-19(23)14-10-13(14)12-5-3-2-4-6-12/h2-9,13-14,21H,10H2,1H3,(H,22,23)(H,24,25)/p-1/t13-,14-/m1/s1. The Hall–Kier alpha value is -3.08. The van der Waals surface area contributed by atoms with Crippen molar-refractivity contribution in [3.05, 3.63) is 65.4 Å². The molecule has 25 heavy (non-hydrogen) atoms. The summed E-state index contributed by atoms with van der Waals surface area (Å²) >= 11 is 0. The van der Waals surface area contributed by atoms with E-state index in [9.17, 15) is 14.7 Å². The predicted octanol–water partition coefficient (Wildman–Crippen LogP) is 2.58. The zero-order valence-electron chi connectivity index (χ0n) is 13.7. The quantitative estimate of drug-likeness (QED) is 0.769. The summed E-state index contributed by atoms with van der Waals surface area (Å²) in [5.74, 6) is -1.43. The summed E-state index contributed by atoms with van der Waals surface area (Å²) in [4.78, 5) is 26.9. The second-order valence-corrected chi connectivity index (χ2v) is 6.56. The monoisotopic (exact) mass is 333 g/mol. The average Bonchev–Trinajstić information content (AvgIpc) is 3.33. The summed E-state index contributed by atoms with van der Waals surface area (Å²) in [7, 11) is 0. The number of aromatic nitrogens is 1. The molecule has 0 bridgehead atoms. The van der Waals surface area contributed by atoms with Gasteiger partial charge in [-0.2, -0.15) is 0 Å². The van der Waals surface area contributed by atoms with Crippen molar-refractivity contribution in [3.8, 4) is 0 Å². The molecule has 5 nitrogen and oxygen atoms in total. The van der Waals surface area contributed by atoms with Crippen LogP contribution >= 0.6 is 0 Å². The number of aromatic carboxylic acids is 1. The first kappa shape index (κ1) is 15.4. The van der Waals surface area contributed by atoms with Gasteiger partial charge in [-0.25, -0.2) is 0 Å². The molecule has 0 unspecified atom stereocenters. The van der Waals surface area contributed by atoms with Crippen LogP contribution in [0.4, 0.5) is 5.69 Å². The molecule has 1 aromatic heterocycles. The fourth-order valence-electron chi connectivity index (χ4n) is 3.36. The minimum absolute atomic E-state index is 0.0918. The SMILES string of the molecule is Cc1ccc2[nH]c(C(=O)[O-])c(NC(=O)[C@@H]3C[C@@H]3c3ccccc3)c2c1. The Morgan fingerprint density at radius 1 is 1.16 bits per heavy atom. The summed E-state index contributed by atoms with van der Waals surface area (Å²) in [5, 5.41) is 14.9. The van der Waals surface area contributed by atoms with Gasteiger partial charge in [-0.05, 0) is 37.0 Å². The van der Waals surface area contributed by atoms with Gasteiger partial charge in [0.15, 0.2) is 0 Å². The van der Waals surface area contributed by atoms with Gasteiger partial charge in [-0.1, -0.05) is 42.0 Å². The molecule has 0 spiro atoms. The highest BCUT2D eigenvalue weighted by molar-refractivity contribution is 6.11. The van der Waals surface area contributed by atoms with Gasteiger partial charge in [-0.3, -0.25) is 4.79 Å². The normalized spacial score (nSPS) is 18.9. The molecule has 0 radical (unpaired) electrons. The molecule has 1 fully saturated rings. The number of benzene rings is 2. The van der Waals surface area contributed by atoms with E-state index >= 15 is 0 Å². The molecule has 2 aromatic carbocycles. The number of carbonyl (C=O) groups is 2. The third-order valence-corrected chi connectivity index (χ3v) is 4.76. The van der Waals surface area contributed by atoms with Gasteiger partial charge in [0.05, 0.1) is 17.4 Å². The average molecular weight is 333 g/mol. The highest BCUT2D eigenvalue weighted by atomic mass is 16.4. The Kier molecular flexibility index (Phi) is 3.57. The number of carboxylic acid groups (broad SMARTS) is 1. The van der Waals surface area contributed by atoms with E-state index in [1.165, 1.54) is 0 Å². The molecule has 126 valence electrons. The molecular weight excluding hydrogens is 316 g/mol. The van der Waals surface area contributed by atoms with Crippen LogP contribution in [-0.4, -0.2) is 16.9 Å². The van der Waals surface area contributed by atoms with E-state index in [1.54, 1.807) is 6.07 Å². The molecule has 0 saturated heterocycles. The van der Waals surface area contributed by atoms with E-state index in [0.717, 1.165) is 17.5 Å². The zero-order chi connectivity index (χ0) is 17.6. The van der Waals surface area contributed by atoms with Gasteiger partial charge in [0.2, 0.25) is 5.91 Å². The Morgan fingerprint density at radius 3 is 2.64 bits per heavy atom. The molecule has 2 atom stereocenters. The van der Waals surface area contributed by atoms with E-state index in [1.807, 2.05) is 49.4 Å². The summed E-state index contributed by atoms with van der Waals surface area (Å²) in [6.45, 7) is 1.92. The van der Waals surface area contributed by atoms with E-state index in [4.69, 9.17) is 0 Å². The first-order valence-electron chi connectivity index (χ1n) is 8.24. The van der Waals surface area contributed by atoms with Crippen LogP contribution in [0.15, 0.2) is 48.5 Å². The molecule has 1 aliphatic rings. The number of carbonyl (C=O) groups excluding carboxylic acids is 2. The molecule has 5 heteroatoms. The number of H-pyrrole nitrogens is 1. The third-order valence-electron chi connectivity index (χ3n) is 4.76. The maximum Gasteiger partial charge on any atom is 0.228 e. The minimum Gasteiger partial charge on any atom is -0.543 e. The third kappa shape index (κ3) is 2.78. The van der Waals surface area contributed by atoms with Gasteiger partial charge in [0.25, 0.3) is 0 Å². The van der Waals surface area contributed by atoms with Gasteiger partial charge in [0, 0.05) is 16.8 Å². The summed E-state index contributed by atoms with van der Waals surface area (Å²) < 4.78 is 0. The topological polar surface area (TPSA) is 85.0 Å². The maximum atomic E-state index is 12.6. The van der Waals surface area contributed by atoms with Crippen molar-refractivity contribution in [2.45, 2.75) is 19.3 Å². The highest BCUT2D eigenvalue weighted by Gasteiger charge is 2.44. The molecule has 1 amide bonds. The smallest absolute Gasteiger partial charge is 0.228 e. The molecule has 1 aliphatic carbocycles. The second-order valence-electron chi connectivity index (χ2n) is 6.56. The van der Waals surface area contributed by atoms with Crippen LogP contribution in [0.1, 0.15) is 34.0 Å². The lowest BCUT2D eigenvalue weighted by Gasteiger charge is -2.08. The van der Waals surface area contributed by atoms with Crippen LogP contribution in [0.5, 0.6) is 0 Å². The van der Waals surface area contributed by atoms with Gasteiger partial charge in [-0.15, -0.1) is 0 Å². The zero-order valence-corrected chi connectivity index (χ0v) is 13.7. The van der Waals surface area contributed by atoms with Crippen LogP contribution in [0.3, 0.4) is 0 Å². The first-order valence-corrected chi connectivity index (χ1v) is 8.24. The van der Waals surface area contributed by atoms with E-state index in [-0.39, 0.29) is 23.4 Å². The lowest BCUT2D eigenvalue weighted by Crippen LogP contribution is -2.25. The van der Waals surface area contributed by atoms with Crippen molar-refractivity contribution in [1.29, 1.82) is 0 Å². The molecule has 1 heterocycles. The molecule has 1 saturated carbocycles. The molecule has 0 aliphatic heterocycles. The highest BCUT2D eigenvalue weighted by Crippen LogP contribution is 2.48. The molecule has 2 N–H and O–H groups in total. The number of carboxylic acids is 1. The Morgan fingerprint density at radius 2 is 1.92 bits per heavy atom. The van der Waals surface area contributed by atoms with Crippen LogP contribution in [0.25, 0.3) is 10.9 Å². The van der Waals surface area contributed by atoms with Gasteiger partial charge < -0.3 is 20.2 Å². The van der Waals surface area contributed by atoms with Crippen LogP contribution in [-0.2, 0) is 4.79 Å². The van der Waals surface area contributed by atoms with E-state index in [2.05, 4.69) is 10.3 Å². The number of aromatic amines is 1. The fourth-order valence-corrected chi connectivity index (χ4v) is 3.36. The van der Waals surface area contributed by atoms with Crippen LogP contribution in [0, 0.1) is 12.8 Å². The number of hydrogen-bond donors (Lipinski definition) is 2. The number of hydrogen-bond acceptors (Lipinski definition) is 3. The van der Waals surface area contributed by atoms with Crippen molar-refractivity contribution in [3.63, 3.8) is 0 Å². The number of nitrogens with one attached hydrogen (secondary N) is 2. The maximum absolute atomic E-state index is 12.6. The minimum atomic E-state index is -1.33. The number of rotatable bonds is 4. The number of fused-ring (bicyclic) bond motifs is 1. The van der Waals surface area contributed by atoms with Crippen LogP contribution < -0.4 is 10.4 Å². The van der Waals surface area contributed by atoms with Crippen molar-refractivity contribution in [2.24, 2.45) is 5.92 Å². The molecule has 3 aromatic rings. The Labute approximate surface area is 144 Å². The largest absolute Gasteiger partial charge is 0.543 e. The van der Waals surface area contributed by atoms with Gasteiger partial charge in [0.1, 0.15) is 0 Å². The summed E-state index contributed by atoms with van der Waals surface area (Å²) in [5.41, 5.74) is 2.99. The summed E-state index contributed by atoms with van der Waals surface area (Å²) in [6.07, 6.45) is 0.776. The fraction of sp³-hybridized carbons (Fsp3) is 0.200. The van der Waals surface area contributed by atoms with E-state index in [0.29, 0.717) is 16.6 Å². The Balaban J connectivity index is 1.62. The lowest BCUT2D eigenvalue weighted by molar-refractivity contribution is -0.255. The second kappa shape index (κ2) is 5.77. The first-order chi connectivity index (χ1) is 12.0. The molecule has 4 rings (SSSR count). The van der Waals surface area contributed by atoms with Crippen molar-refractivity contribution >= 4 is 28.5 Å². The molecular formula is C20H17N2O3-. The number of amides is 1. The lowest BCUT2D eigenvalue weighted by atomic mass is 10.1. The Bertz CT molecular complexity index is 975. The van der Waals surface area contributed by atoms with Crippen molar-refractivity contribution in [1.82, 2.24) is 4.98 Å². The number of anilines is 1. The predicted molar refractivity (Wildman–Crippen MR) is 93.3 cm³/mol. The van der Waals surface area contributed by atoms with Crippen molar-refractivity contribution < 1.29 is 14.7 Å².